The molecule has 4 heteroatoms. The molecule has 2 aromatic rings. The van der Waals surface area contributed by atoms with E-state index in [0.717, 1.165) is 15.6 Å². The molecule has 0 aliphatic rings. The maximum absolute atomic E-state index is 13.2. The minimum atomic E-state index is -0.313. The van der Waals surface area contributed by atoms with E-state index < -0.39 is 0 Å². The molecule has 2 rings (SSSR count). The highest BCUT2D eigenvalue weighted by molar-refractivity contribution is 9.10. The molecule has 0 saturated carbocycles. The predicted octanol–water partition coefficient (Wildman–Crippen LogP) is 4.05. The highest BCUT2D eigenvalue weighted by atomic mass is 79.9. The third kappa shape index (κ3) is 3.61. The first kappa shape index (κ1) is 14.2. The van der Waals surface area contributed by atoms with Crippen molar-refractivity contribution in [1.82, 2.24) is 0 Å². The normalized spacial score (nSPS) is 12.4. The monoisotopic (exact) mass is 326 g/mol. The van der Waals surface area contributed by atoms with Crippen molar-refractivity contribution < 1.29 is 13.9 Å². The fourth-order valence-electron chi connectivity index (χ4n) is 1.99. The van der Waals surface area contributed by atoms with Crippen LogP contribution in [0.1, 0.15) is 17.0 Å². The number of hydrogen-bond donors (Lipinski definition) is 1. The first-order valence-electron chi connectivity index (χ1n) is 5.90. The van der Waals surface area contributed by atoms with Gasteiger partial charge in [0.25, 0.3) is 0 Å². The summed E-state index contributed by atoms with van der Waals surface area (Å²) < 4.78 is 26.9. The van der Waals surface area contributed by atoms with E-state index in [1.54, 1.807) is 18.2 Å². The van der Waals surface area contributed by atoms with Crippen LogP contribution in [0.15, 0.2) is 46.9 Å². The van der Waals surface area contributed by atoms with Gasteiger partial charge in [-0.1, -0.05) is 28.1 Å². The molecule has 0 aliphatic heterocycles. The molecule has 0 radical (unpaired) electrons. The number of hydrogen-bond acceptors (Lipinski definition) is 1. The first-order valence-corrected chi connectivity index (χ1v) is 6.69. The lowest BCUT2D eigenvalue weighted by Crippen LogP contribution is -2.08. The Bertz CT molecular complexity index is 555. The fourth-order valence-corrected chi connectivity index (χ4v) is 2.40. The van der Waals surface area contributed by atoms with Gasteiger partial charge in [0.2, 0.25) is 0 Å². The number of rotatable bonds is 4. The van der Waals surface area contributed by atoms with Crippen molar-refractivity contribution >= 4 is 15.9 Å². The summed E-state index contributed by atoms with van der Waals surface area (Å²) in [5.41, 5.74) is 1.61. The number of aliphatic hydroxyl groups excluding tert-OH is 1. The molecule has 0 aromatic heterocycles. The molecule has 1 nitrogen and oxygen atoms in total. The van der Waals surface area contributed by atoms with Gasteiger partial charge in [-0.05, 0) is 47.9 Å². The lowest BCUT2D eigenvalue weighted by Gasteiger charge is -2.16. The summed E-state index contributed by atoms with van der Waals surface area (Å²) in [5, 5.41) is 9.47. The van der Waals surface area contributed by atoms with Gasteiger partial charge in [-0.15, -0.1) is 0 Å². The van der Waals surface area contributed by atoms with Gasteiger partial charge < -0.3 is 5.11 Å². The summed E-state index contributed by atoms with van der Waals surface area (Å²) in [6.45, 7) is -0.0748. The summed E-state index contributed by atoms with van der Waals surface area (Å²) in [7, 11) is 0. The molecule has 0 amide bonds. The number of aliphatic hydroxyl groups is 1. The SMILES string of the molecule is OCC(Cc1cc(F)ccc1Br)c1ccc(F)cc1. The van der Waals surface area contributed by atoms with Crippen LogP contribution in [0.4, 0.5) is 8.78 Å². The molecule has 100 valence electrons. The molecule has 0 saturated heterocycles. The molecular formula is C15H13BrF2O. The van der Waals surface area contributed by atoms with Crippen LogP contribution < -0.4 is 0 Å². The summed E-state index contributed by atoms with van der Waals surface area (Å²) in [6, 6.07) is 10.5. The van der Waals surface area contributed by atoms with Gasteiger partial charge in [0, 0.05) is 10.4 Å². The van der Waals surface area contributed by atoms with E-state index in [2.05, 4.69) is 15.9 Å². The van der Waals surface area contributed by atoms with Gasteiger partial charge in [0.05, 0.1) is 6.61 Å². The van der Waals surface area contributed by atoms with E-state index in [1.165, 1.54) is 24.3 Å². The second-order valence-corrected chi connectivity index (χ2v) is 5.23. The quantitative estimate of drug-likeness (QED) is 0.898. The Morgan fingerprint density at radius 3 is 2.26 bits per heavy atom. The zero-order chi connectivity index (χ0) is 13.8. The van der Waals surface area contributed by atoms with Gasteiger partial charge in [-0.3, -0.25) is 0 Å². The second kappa shape index (κ2) is 6.26. The minimum Gasteiger partial charge on any atom is -0.396 e. The van der Waals surface area contributed by atoms with Crippen LogP contribution in [0.3, 0.4) is 0 Å². The Hall–Kier alpha value is -1.26. The Kier molecular flexibility index (Phi) is 4.66. The Morgan fingerprint density at radius 1 is 1.00 bits per heavy atom. The predicted molar refractivity (Wildman–Crippen MR) is 74.0 cm³/mol. The van der Waals surface area contributed by atoms with E-state index in [0.29, 0.717) is 6.42 Å². The van der Waals surface area contributed by atoms with Crippen LogP contribution >= 0.6 is 15.9 Å². The van der Waals surface area contributed by atoms with Crippen LogP contribution in [-0.4, -0.2) is 11.7 Å². The van der Waals surface area contributed by atoms with Crippen LogP contribution in [0, 0.1) is 11.6 Å². The standard InChI is InChI=1S/C15H13BrF2O/c16-15-6-5-14(18)8-11(15)7-12(9-19)10-1-3-13(17)4-2-10/h1-6,8,12,19H,7,9H2. The molecule has 0 fully saturated rings. The van der Waals surface area contributed by atoms with Crippen LogP contribution in [0.25, 0.3) is 0 Å². The highest BCUT2D eigenvalue weighted by Gasteiger charge is 2.14. The largest absolute Gasteiger partial charge is 0.396 e. The average molecular weight is 327 g/mol. The zero-order valence-corrected chi connectivity index (χ0v) is 11.7. The van der Waals surface area contributed by atoms with Crippen molar-refractivity contribution in [2.45, 2.75) is 12.3 Å². The van der Waals surface area contributed by atoms with E-state index in [1.807, 2.05) is 0 Å². The van der Waals surface area contributed by atoms with Crippen molar-refractivity contribution in [3.05, 3.63) is 69.7 Å². The molecule has 19 heavy (non-hydrogen) atoms. The van der Waals surface area contributed by atoms with E-state index in [4.69, 9.17) is 0 Å². The van der Waals surface area contributed by atoms with Crippen molar-refractivity contribution in [3.63, 3.8) is 0 Å². The lowest BCUT2D eigenvalue weighted by atomic mass is 9.92. The number of benzene rings is 2. The highest BCUT2D eigenvalue weighted by Crippen LogP contribution is 2.26. The van der Waals surface area contributed by atoms with Gasteiger partial charge in [-0.25, -0.2) is 8.78 Å². The molecule has 1 atom stereocenters. The van der Waals surface area contributed by atoms with Gasteiger partial charge in [-0.2, -0.15) is 0 Å². The summed E-state index contributed by atoms with van der Waals surface area (Å²) in [6.07, 6.45) is 0.487. The molecule has 2 aromatic carbocycles. The molecule has 0 aliphatic carbocycles. The molecule has 1 unspecified atom stereocenters. The minimum absolute atomic E-state index is 0.0748. The zero-order valence-electron chi connectivity index (χ0n) is 10.1. The topological polar surface area (TPSA) is 20.2 Å². The molecule has 0 heterocycles. The lowest BCUT2D eigenvalue weighted by molar-refractivity contribution is 0.264. The first-order chi connectivity index (χ1) is 9.10. The summed E-state index contributed by atoms with van der Waals surface area (Å²) >= 11 is 3.36. The van der Waals surface area contributed by atoms with E-state index in [-0.39, 0.29) is 24.2 Å². The van der Waals surface area contributed by atoms with Crippen LogP contribution in [0.5, 0.6) is 0 Å². The summed E-state index contributed by atoms with van der Waals surface area (Å²) in [4.78, 5) is 0. The van der Waals surface area contributed by atoms with E-state index >= 15 is 0 Å². The van der Waals surface area contributed by atoms with Gasteiger partial charge in [0.15, 0.2) is 0 Å². The summed E-state index contributed by atoms with van der Waals surface area (Å²) in [5.74, 6) is -0.805. The molecule has 0 spiro atoms. The Balaban J connectivity index is 2.23. The maximum Gasteiger partial charge on any atom is 0.123 e. The Labute approximate surface area is 119 Å². The van der Waals surface area contributed by atoms with Gasteiger partial charge >= 0.3 is 0 Å². The third-order valence-electron chi connectivity index (χ3n) is 3.04. The van der Waals surface area contributed by atoms with E-state index in [9.17, 15) is 13.9 Å². The molecule has 0 bridgehead atoms. The van der Waals surface area contributed by atoms with Crippen molar-refractivity contribution in [3.8, 4) is 0 Å². The van der Waals surface area contributed by atoms with Crippen molar-refractivity contribution in [1.29, 1.82) is 0 Å². The maximum atomic E-state index is 13.2. The third-order valence-corrected chi connectivity index (χ3v) is 3.81. The molecule has 1 N–H and O–H groups in total. The fraction of sp³-hybridized carbons (Fsp3) is 0.200. The van der Waals surface area contributed by atoms with Crippen molar-refractivity contribution in [2.24, 2.45) is 0 Å². The average Bonchev–Trinajstić information content (AvgIpc) is 2.41. The van der Waals surface area contributed by atoms with Crippen molar-refractivity contribution in [2.75, 3.05) is 6.61 Å². The smallest absolute Gasteiger partial charge is 0.123 e. The van der Waals surface area contributed by atoms with Crippen LogP contribution in [-0.2, 0) is 6.42 Å². The van der Waals surface area contributed by atoms with Crippen LogP contribution in [0.2, 0.25) is 0 Å². The molecular weight excluding hydrogens is 314 g/mol. The second-order valence-electron chi connectivity index (χ2n) is 4.37. The number of halogens is 3. The Morgan fingerprint density at radius 2 is 1.63 bits per heavy atom. The van der Waals surface area contributed by atoms with Gasteiger partial charge in [0.1, 0.15) is 11.6 Å².